The molecule has 1 aromatic heterocycles. The summed E-state index contributed by atoms with van der Waals surface area (Å²) in [5, 5.41) is 7.08. The van der Waals surface area contributed by atoms with Gasteiger partial charge in [-0.1, -0.05) is 5.16 Å². The van der Waals surface area contributed by atoms with Gasteiger partial charge in [0.2, 0.25) is 5.91 Å². The fraction of sp³-hybridized carbons (Fsp3) is 0.667. The average Bonchev–Trinajstić information content (AvgIpc) is 2.75. The second-order valence-corrected chi connectivity index (χ2v) is 4.57. The van der Waals surface area contributed by atoms with Crippen LogP contribution in [0.2, 0.25) is 0 Å². The molecule has 1 unspecified atom stereocenters. The molecule has 1 atom stereocenters. The number of hydrogen-bond donors (Lipinski definition) is 1. The number of nitrogens with zero attached hydrogens (tertiary/aromatic N) is 2. The summed E-state index contributed by atoms with van der Waals surface area (Å²) in [5.74, 6) is 0.887. The van der Waals surface area contributed by atoms with Crippen LogP contribution >= 0.6 is 0 Å². The van der Waals surface area contributed by atoms with Crippen LogP contribution in [0.25, 0.3) is 0 Å². The molecule has 1 aliphatic heterocycles. The van der Waals surface area contributed by atoms with Crippen molar-refractivity contribution in [2.24, 2.45) is 0 Å². The molecule has 0 bridgehead atoms. The molecule has 0 spiro atoms. The maximum absolute atomic E-state index is 12.1. The van der Waals surface area contributed by atoms with Crippen molar-refractivity contribution >= 4 is 5.91 Å². The van der Waals surface area contributed by atoms with E-state index in [-0.39, 0.29) is 5.91 Å². The zero-order valence-electron chi connectivity index (χ0n) is 10.4. The molecule has 1 saturated heterocycles. The Morgan fingerprint density at radius 1 is 1.71 bits per heavy atom. The summed E-state index contributed by atoms with van der Waals surface area (Å²) in [4.78, 5) is 14.0. The third-order valence-corrected chi connectivity index (χ3v) is 3.19. The van der Waals surface area contributed by atoms with Gasteiger partial charge in [-0.25, -0.2) is 0 Å². The molecule has 0 aliphatic carbocycles. The van der Waals surface area contributed by atoms with Crippen LogP contribution in [0.3, 0.4) is 0 Å². The van der Waals surface area contributed by atoms with Gasteiger partial charge < -0.3 is 14.7 Å². The Labute approximate surface area is 101 Å². The van der Waals surface area contributed by atoms with E-state index in [1.165, 1.54) is 0 Å². The van der Waals surface area contributed by atoms with Crippen LogP contribution in [0.4, 0.5) is 0 Å². The van der Waals surface area contributed by atoms with Gasteiger partial charge >= 0.3 is 0 Å². The highest BCUT2D eigenvalue weighted by Crippen LogP contribution is 2.12. The SMILES string of the molecule is CNC1CCCN(C(=O)Cc2cc(C)on2)C1. The molecule has 1 N–H and O–H groups in total. The Balaban J connectivity index is 1.91. The first kappa shape index (κ1) is 12.1. The van der Waals surface area contributed by atoms with Crippen molar-refractivity contribution in [1.82, 2.24) is 15.4 Å². The molecule has 1 fully saturated rings. The van der Waals surface area contributed by atoms with Gasteiger partial charge in [-0.3, -0.25) is 4.79 Å². The van der Waals surface area contributed by atoms with E-state index in [1.54, 1.807) is 0 Å². The molecule has 0 aromatic carbocycles. The van der Waals surface area contributed by atoms with Crippen LogP contribution in [0.15, 0.2) is 10.6 Å². The average molecular weight is 237 g/mol. The lowest BCUT2D eigenvalue weighted by atomic mass is 10.1. The summed E-state index contributed by atoms with van der Waals surface area (Å²) < 4.78 is 4.96. The smallest absolute Gasteiger partial charge is 0.228 e. The van der Waals surface area contributed by atoms with Crippen LogP contribution in [0, 0.1) is 6.92 Å². The molecule has 2 heterocycles. The van der Waals surface area contributed by atoms with Crippen LogP contribution in [0.1, 0.15) is 24.3 Å². The Kier molecular flexibility index (Phi) is 3.78. The highest BCUT2D eigenvalue weighted by atomic mass is 16.5. The monoisotopic (exact) mass is 237 g/mol. The number of hydrogen-bond acceptors (Lipinski definition) is 4. The summed E-state index contributed by atoms with van der Waals surface area (Å²) >= 11 is 0. The Morgan fingerprint density at radius 3 is 3.18 bits per heavy atom. The Hall–Kier alpha value is -1.36. The number of nitrogens with one attached hydrogen (secondary N) is 1. The van der Waals surface area contributed by atoms with E-state index in [1.807, 2.05) is 24.9 Å². The summed E-state index contributed by atoms with van der Waals surface area (Å²) in [6.07, 6.45) is 2.55. The first-order valence-electron chi connectivity index (χ1n) is 6.06. The number of rotatable bonds is 3. The predicted octanol–water partition coefficient (Wildman–Crippen LogP) is 0.736. The zero-order chi connectivity index (χ0) is 12.3. The first-order chi connectivity index (χ1) is 8.19. The summed E-state index contributed by atoms with van der Waals surface area (Å²) in [6, 6.07) is 2.24. The van der Waals surface area contributed by atoms with E-state index >= 15 is 0 Å². The Morgan fingerprint density at radius 2 is 2.53 bits per heavy atom. The van der Waals surface area contributed by atoms with Gasteiger partial charge in [-0.2, -0.15) is 0 Å². The summed E-state index contributed by atoms with van der Waals surface area (Å²) in [7, 11) is 1.94. The van der Waals surface area contributed by atoms with Crippen LogP contribution in [-0.4, -0.2) is 42.1 Å². The van der Waals surface area contributed by atoms with E-state index in [4.69, 9.17) is 4.52 Å². The molecular formula is C12H19N3O2. The van der Waals surface area contributed by atoms with Crippen LogP contribution in [-0.2, 0) is 11.2 Å². The number of carbonyl (C=O) groups excluding carboxylic acids is 1. The molecular weight excluding hydrogens is 218 g/mol. The van der Waals surface area contributed by atoms with Gasteiger partial charge in [-0.05, 0) is 26.8 Å². The number of carbonyl (C=O) groups is 1. The van der Waals surface area contributed by atoms with Gasteiger partial charge in [0.15, 0.2) is 0 Å². The molecule has 94 valence electrons. The van der Waals surface area contributed by atoms with E-state index in [2.05, 4.69) is 10.5 Å². The largest absolute Gasteiger partial charge is 0.361 e. The van der Waals surface area contributed by atoms with Crippen molar-refractivity contribution in [2.45, 2.75) is 32.2 Å². The summed E-state index contributed by atoms with van der Waals surface area (Å²) in [6.45, 7) is 3.49. The van der Waals surface area contributed by atoms with Crippen LogP contribution < -0.4 is 5.32 Å². The molecule has 5 heteroatoms. The second-order valence-electron chi connectivity index (χ2n) is 4.57. The molecule has 5 nitrogen and oxygen atoms in total. The number of likely N-dealkylation sites (tertiary alicyclic amines) is 1. The number of piperidine rings is 1. The number of likely N-dealkylation sites (N-methyl/N-ethyl adjacent to an activating group) is 1. The van der Waals surface area contributed by atoms with Crippen molar-refractivity contribution in [3.05, 3.63) is 17.5 Å². The quantitative estimate of drug-likeness (QED) is 0.842. The van der Waals surface area contributed by atoms with Gasteiger partial charge in [0.1, 0.15) is 5.76 Å². The molecule has 1 aliphatic rings. The molecule has 0 radical (unpaired) electrons. The van der Waals surface area contributed by atoms with Crippen molar-refractivity contribution < 1.29 is 9.32 Å². The standard InChI is InChI=1S/C12H19N3O2/c1-9-6-11(14-17-9)7-12(16)15-5-3-4-10(8-15)13-2/h6,10,13H,3-5,7-8H2,1-2H3. The molecule has 0 saturated carbocycles. The second kappa shape index (κ2) is 5.31. The zero-order valence-corrected chi connectivity index (χ0v) is 10.4. The fourth-order valence-corrected chi connectivity index (χ4v) is 2.21. The lowest BCUT2D eigenvalue weighted by Crippen LogP contribution is -2.47. The van der Waals surface area contributed by atoms with Crippen LogP contribution in [0.5, 0.6) is 0 Å². The maximum atomic E-state index is 12.1. The number of aromatic nitrogens is 1. The van der Waals surface area contributed by atoms with E-state index in [0.29, 0.717) is 12.5 Å². The lowest BCUT2D eigenvalue weighted by molar-refractivity contribution is -0.131. The molecule has 1 amide bonds. The van der Waals surface area contributed by atoms with E-state index < -0.39 is 0 Å². The summed E-state index contributed by atoms with van der Waals surface area (Å²) in [5.41, 5.74) is 0.721. The normalized spacial score (nSPS) is 20.6. The number of aryl methyl sites for hydroxylation is 1. The highest BCUT2D eigenvalue weighted by molar-refractivity contribution is 5.78. The minimum Gasteiger partial charge on any atom is -0.361 e. The van der Waals surface area contributed by atoms with Gasteiger partial charge in [0.25, 0.3) is 0 Å². The minimum atomic E-state index is 0.137. The predicted molar refractivity (Wildman–Crippen MR) is 63.6 cm³/mol. The fourth-order valence-electron chi connectivity index (χ4n) is 2.21. The van der Waals surface area contributed by atoms with E-state index in [0.717, 1.165) is 37.4 Å². The molecule has 2 rings (SSSR count). The first-order valence-corrected chi connectivity index (χ1v) is 6.06. The van der Waals surface area contributed by atoms with Crippen molar-refractivity contribution in [3.8, 4) is 0 Å². The third kappa shape index (κ3) is 3.06. The van der Waals surface area contributed by atoms with Crippen molar-refractivity contribution in [2.75, 3.05) is 20.1 Å². The minimum absolute atomic E-state index is 0.137. The Bertz CT molecular complexity index is 389. The van der Waals surface area contributed by atoms with Gasteiger partial charge in [0.05, 0.1) is 12.1 Å². The van der Waals surface area contributed by atoms with Gasteiger partial charge in [-0.15, -0.1) is 0 Å². The number of amides is 1. The highest BCUT2D eigenvalue weighted by Gasteiger charge is 2.23. The van der Waals surface area contributed by atoms with Crippen molar-refractivity contribution in [1.29, 1.82) is 0 Å². The topological polar surface area (TPSA) is 58.4 Å². The van der Waals surface area contributed by atoms with Gasteiger partial charge in [0, 0.05) is 25.2 Å². The maximum Gasteiger partial charge on any atom is 0.228 e. The third-order valence-electron chi connectivity index (χ3n) is 3.19. The van der Waals surface area contributed by atoms with E-state index in [9.17, 15) is 4.79 Å². The molecule has 17 heavy (non-hydrogen) atoms. The van der Waals surface area contributed by atoms with Crippen molar-refractivity contribution in [3.63, 3.8) is 0 Å². The lowest BCUT2D eigenvalue weighted by Gasteiger charge is -2.32. The molecule has 1 aromatic rings.